The Balaban J connectivity index is 0.00000320. The van der Waals surface area contributed by atoms with Gasteiger partial charge in [-0.1, -0.05) is 29.8 Å². The zero-order chi connectivity index (χ0) is 20.6. The Hall–Kier alpha value is -1.29. The van der Waals surface area contributed by atoms with Crippen LogP contribution in [0.4, 0.5) is 0 Å². The molecule has 0 bridgehead atoms. The fraction of sp³-hybridized carbons (Fsp3) is 0.500. The molecule has 0 radical (unpaired) electrons. The quantitative estimate of drug-likeness (QED) is 0.327. The third kappa shape index (κ3) is 6.60. The average Bonchev–Trinajstić information content (AvgIpc) is 3.13. The lowest BCUT2D eigenvalue weighted by Crippen LogP contribution is -2.42. The fourth-order valence-corrected chi connectivity index (χ4v) is 3.93. The van der Waals surface area contributed by atoms with E-state index in [4.69, 9.17) is 21.3 Å². The molecule has 3 rings (SSSR count). The van der Waals surface area contributed by atoms with Crippen LogP contribution in [0.3, 0.4) is 0 Å². The molecular formula is C22H33ClIN5O. The third-order valence-electron chi connectivity index (χ3n) is 5.31. The van der Waals surface area contributed by atoms with Gasteiger partial charge in [-0.15, -0.1) is 24.0 Å². The normalized spacial score (nSPS) is 16.1. The minimum absolute atomic E-state index is 0. The molecular weight excluding hydrogens is 513 g/mol. The first kappa shape index (κ1) is 25.0. The summed E-state index contributed by atoms with van der Waals surface area (Å²) in [6.45, 7) is 7.63. The highest BCUT2D eigenvalue weighted by molar-refractivity contribution is 14.0. The number of hydrogen-bond donors (Lipinski definition) is 1. The first-order valence-corrected chi connectivity index (χ1v) is 10.6. The number of nitrogens with zero attached hydrogens (tertiary/aromatic N) is 4. The number of benzene rings is 1. The van der Waals surface area contributed by atoms with Gasteiger partial charge in [-0.3, -0.25) is 9.89 Å². The summed E-state index contributed by atoms with van der Waals surface area (Å²) >= 11 is 6.55. The van der Waals surface area contributed by atoms with E-state index in [1.54, 1.807) is 0 Å². The monoisotopic (exact) mass is 545 g/mol. The average molecular weight is 546 g/mol. The third-order valence-corrected chi connectivity index (χ3v) is 5.66. The Morgan fingerprint density at radius 1 is 1.23 bits per heavy atom. The molecule has 0 aliphatic carbocycles. The Bertz CT molecular complexity index is 806. The summed E-state index contributed by atoms with van der Waals surface area (Å²) in [7, 11) is 4.15. The van der Waals surface area contributed by atoms with Gasteiger partial charge in [-0.2, -0.15) is 0 Å². The summed E-state index contributed by atoms with van der Waals surface area (Å²) in [4.78, 5) is 9.59. The molecule has 1 aromatic carbocycles. The molecule has 0 amide bonds. The highest BCUT2D eigenvalue weighted by atomic mass is 127. The molecule has 1 aromatic heterocycles. The summed E-state index contributed by atoms with van der Waals surface area (Å²) < 4.78 is 7.69. The van der Waals surface area contributed by atoms with Crippen LogP contribution in [0.2, 0.25) is 5.02 Å². The maximum Gasteiger partial charge on any atom is 0.194 e. The molecule has 0 spiro atoms. The number of rotatable bonds is 7. The van der Waals surface area contributed by atoms with Crippen LogP contribution in [0, 0.1) is 0 Å². The van der Waals surface area contributed by atoms with Crippen molar-refractivity contribution in [2.45, 2.75) is 19.5 Å². The molecule has 1 saturated heterocycles. The van der Waals surface area contributed by atoms with Crippen LogP contribution in [0.5, 0.6) is 0 Å². The molecule has 1 aliphatic rings. The largest absolute Gasteiger partial charge is 0.379 e. The SMILES string of the molecule is CCNC(=NCC(c1ccccc1Cl)N1CCOCC1)N(C)Cc1cccn1C.I. The highest BCUT2D eigenvalue weighted by Gasteiger charge is 2.24. The molecule has 0 saturated carbocycles. The van der Waals surface area contributed by atoms with E-state index in [9.17, 15) is 0 Å². The Morgan fingerprint density at radius 2 is 1.97 bits per heavy atom. The van der Waals surface area contributed by atoms with Crippen molar-refractivity contribution in [1.29, 1.82) is 0 Å². The minimum atomic E-state index is 0. The fourth-order valence-electron chi connectivity index (χ4n) is 3.67. The summed E-state index contributed by atoms with van der Waals surface area (Å²) in [6, 6.07) is 12.4. The molecule has 1 aliphatic heterocycles. The predicted molar refractivity (Wildman–Crippen MR) is 135 cm³/mol. The second kappa shape index (κ2) is 12.5. The van der Waals surface area contributed by atoms with Crippen LogP contribution in [0.1, 0.15) is 24.2 Å². The molecule has 1 atom stereocenters. The van der Waals surface area contributed by atoms with Gasteiger partial charge in [0.2, 0.25) is 0 Å². The summed E-state index contributed by atoms with van der Waals surface area (Å²) in [5, 5.41) is 4.22. The van der Waals surface area contributed by atoms with Crippen molar-refractivity contribution in [3.63, 3.8) is 0 Å². The Morgan fingerprint density at radius 3 is 2.60 bits per heavy atom. The van der Waals surface area contributed by atoms with Crippen LogP contribution in [-0.2, 0) is 18.3 Å². The molecule has 6 nitrogen and oxygen atoms in total. The van der Waals surface area contributed by atoms with E-state index in [1.165, 1.54) is 5.69 Å². The van der Waals surface area contributed by atoms with Crippen molar-refractivity contribution in [2.75, 3.05) is 46.4 Å². The number of aliphatic imine (C=N–C) groups is 1. The lowest BCUT2D eigenvalue weighted by Gasteiger charge is -2.34. The molecule has 1 unspecified atom stereocenters. The van der Waals surface area contributed by atoms with E-state index >= 15 is 0 Å². The van der Waals surface area contributed by atoms with E-state index in [-0.39, 0.29) is 30.0 Å². The van der Waals surface area contributed by atoms with E-state index in [2.05, 4.69) is 65.1 Å². The molecule has 30 heavy (non-hydrogen) atoms. The van der Waals surface area contributed by atoms with Gasteiger partial charge in [-0.25, -0.2) is 0 Å². The smallest absolute Gasteiger partial charge is 0.194 e. The van der Waals surface area contributed by atoms with Gasteiger partial charge in [0.1, 0.15) is 0 Å². The lowest BCUT2D eigenvalue weighted by molar-refractivity contribution is 0.0179. The number of aryl methyl sites for hydroxylation is 1. The minimum Gasteiger partial charge on any atom is -0.379 e. The van der Waals surface area contributed by atoms with Crippen LogP contribution in [-0.4, -0.2) is 66.8 Å². The molecule has 1 fully saturated rings. The first-order valence-electron chi connectivity index (χ1n) is 10.3. The van der Waals surface area contributed by atoms with Crippen molar-refractivity contribution in [2.24, 2.45) is 12.0 Å². The Kier molecular flexibility index (Phi) is 10.4. The van der Waals surface area contributed by atoms with Gasteiger partial charge >= 0.3 is 0 Å². The molecule has 8 heteroatoms. The molecule has 166 valence electrons. The van der Waals surface area contributed by atoms with Crippen LogP contribution < -0.4 is 5.32 Å². The van der Waals surface area contributed by atoms with E-state index in [0.717, 1.165) is 55.9 Å². The maximum atomic E-state index is 6.55. The van der Waals surface area contributed by atoms with Crippen molar-refractivity contribution in [1.82, 2.24) is 19.7 Å². The van der Waals surface area contributed by atoms with Crippen LogP contribution in [0.25, 0.3) is 0 Å². The first-order chi connectivity index (χ1) is 14.1. The van der Waals surface area contributed by atoms with Crippen molar-refractivity contribution >= 4 is 41.5 Å². The van der Waals surface area contributed by atoms with Gasteiger partial charge in [0.15, 0.2) is 5.96 Å². The van der Waals surface area contributed by atoms with Gasteiger partial charge in [0.25, 0.3) is 0 Å². The second-order valence-corrected chi connectivity index (χ2v) is 7.75. The molecule has 1 N–H and O–H groups in total. The van der Waals surface area contributed by atoms with Crippen molar-refractivity contribution < 1.29 is 4.74 Å². The summed E-state index contributed by atoms with van der Waals surface area (Å²) in [5.74, 6) is 0.902. The zero-order valence-electron chi connectivity index (χ0n) is 18.1. The number of halogens is 2. The van der Waals surface area contributed by atoms with Crippen molar-refractivity contribution in [3.05, 3.63) is 58.9 Å². The number of aromatic nitrogens is 1. The molecule has 2 aromatic rings. The molecule has 2 heterocycles. The number of morpholine rings is 1. The van der Waals surface area contributed by atoms with Gasteiger partial charge < -0.3 is 19.5 Å². The summed E-state index contributed by atoms with van der Waals surface area (Å²) in [5.41, 5.74) is 2.37. The van der Waals surface area contributed by atoms with Gasteiger partial charge in [0.05, 0.1) is 32.3 Å². The van der Waals surface area contributed by atoms with Crippen LogP contribution >= 0.6 is 35.6 Å². The number of ether oxygens (including phenoxy) is 1. The van der Waals surface area contributed by atoms with Gasteiger partial charge in [-0.05, 0) is 30.7 Å². The van der Waals surface area contributed by atoms with Gasteiger partial charge in [0, 0.05) is 50.6 Å². The van der Waals surface area contributed by atoms with Crippen LogP contribution in [0.15, 0.2) is 47.6 Å². The topological polar surface area (TPSA) is 45.0 Å². The van der Waals surface area contributed by atoms with E-state index in [1.807, 2.05) is 18.2 Å². The highest BCUT2D eigenvalue weighted by Crippen LogP contribution is 2.28. The van der Waals surface area contributed by atoms with E-state index < -0.39 is 0 Å². The van der Waals surface area contributed by atoms with Crippen molar-refractivity contribution in [3.8, 4) is 0 Å². The zero-order valence-corrected chi connectivity index (χ0v) is 21.1. The number of guanidine groups is 1. The predicted octanol–water partition coefficient (Wildman–Crippen LogP) is 3.77. The van der Waals surface area contributed by atoms with E-state index in [0.29, 0.717) is 6.54 Å². The Labute approximate surface area is 202 Å². The second-order valence-electron chi connectivity index (χ2n) is 7.35. The maximum absolute atomic E-state index is 6.55. The standard InChI is InChI=1S/C22H32ClN5O.HI/c1-4-24-22(27(3)17-18-8-7-11-26(18)2)25-16-21(28-12-14-29-15-13-28)19-9-5-6-10-20(19)23;/h5-11,21H,4,12-17H2,1-3H3,(H,24,25);1H. The number of nitrogens with one attached hydrogen (secondary N) is 1. The number of hydrogen-bond acceptors (Lipinski definition) is 3. The summed E-state index contributed by atoms with van der Waals surface area (Å²) in [6.07, 6.45) is 2.07. The lowest BCUT2D eigenvalue weighted by atomic mass is 10.0.